The van der Waals surface area contributed by atoms with Crippen LogP contribution >= 0.6 is 11.8 Å². The Morgan fingerprint density at radius 1 is 1.25 bits per heavy atom. The lowest BCUT2D eigenvalue weighted by Gasteiger charge is -2.14. The highest BCUT2D eigenvalue weighted by Gasteiger charge is 2.22. The van der Waals surface area contributed by atoms with Gasteiger partial charge in [-0.3, -0.25) is 9.59 Å². The quantitative estimate of drug-likeness (QED) is 0.739. The maximum absolute atomic E-state index is 11.9. The second kappa shape index (κ2) is 9.42. The van der Waals surface area contributed by atoms with Gasteiger partial charge in [-0.05, 0) is 38.0 Å². The molecule has 2 amide bonds. The highest BCUT2D eigenvalue weighted by Crippen LogP contribution is 2.28. The highest BCUT2D eigenvalue weighted by molar-refractivity contribution is 8.13. The molecule has 24 heavy (non-hydrogen) atoms. The molecule has 0 spiro atoms. The molecule has 6 nitrogen and oxygen atoms in total. The highest BCUT2D eigenvalue weighted by atomic mass is 32.2. The fourth-order valence-electron chi connectivity index (χ4n) is 2.40. The molecule has 1 aliphatic heterocycles. The second-order valence-corrected chi connectivity index (χ2v) is 6.33. The summed E-state index contributed by atoms with van der Waals surface area (Å²) in [6.07, 6.45) is 0.695. The van der Waals surface area contributed by atoms with Crippen LogP contribution in [0.2, 0.25) is 0 Å². The van der Waals surface area contributed by atoms with Crippen molar-refractivity contribution in [3.63, 3.8) is 0 Å². The minimum atomic E-state index is -0.123. The molecule has 0 unspecified atom stereocenters. The van der Waals surface area contributed by atoms with Crippen molar-refractivity contribution < 1.29 is 19.1 Å². The van der Waals surface area contributed by atoms with Gasteiger partial charge in [-0.25, -0.2) is 0 Å². The van der Waals surface area contributed by atoms with Gasteiger partial charge in [-0.2, -0.15) is 0 Å². The number of hydrogen-bond acceptors (Lipinski definition) is 5. The van der Waals surface area contributed by atoms with Crippen molar-refractivity contribution in [2.45, 2.75) is 20.3 Å². The Labute approximate surface area is 146 Å². The van der Waals surface area contributed by atoms with Gasteiger partial charge in [0.05, 0.1) is 13.2 Å². The molecule has 1 saturated heterocycles. The van der Waals surface area contributed by atoms with E-state index in [1.165, 1.54) is 11.8 Å². The minimum Gasteiger partial charge on any atom is -0.490 e. The van der Waals surface area contributed by atoms with E-state index in [2.05, 4.69) is 5.32 Å². The van der Waals surface area contributed by atoms with Gasteiger partial charge in [0.25, 0.3) is 5.24 Å². The Balaban J connectivity index is 1.81. The van der Waals surface area contributed by atoms with Gasteiger partial charge in [0.1, 0.15) is 6.54 Å². The van der Waals surface area contributed by atoms with Crippen molar-refractivity contribution in [1.29, 1.82) is 0 Å². The van der Waals surface area contributed by atoms with Crippen LogP contribution in [0.1, 0.15) is 19.4 Å². The van der Waals surface area contributed by atoms with Gasteiger partial charge in [-0.15, -0.1) is 0 Å². The van der Waals surface area contributed by atoms with Crippen LogP contribution in [0.3, 0.4) is 0 Å². The lowest BCUT2D eigenvalue weighted by Crippen LogP contribution is -2.38. The lowest BCUT2D eigenvalue weighted by molar-refractivity contribution is -0.121. The number of ether oxygens (including phenoxy) is 2. The maximum atomic E-state index is 11.9. The fraction of sp³-hybridized carbons (Fsp3) is 0.529. The first-order chi connectivity index (χ1) is 11.6. The van der Waals surface area contributed by atoms with Crippen molar-refractivity contribution in [2.24, 2.45) is 0 Å². The molecule has 2 rings (SSSR count). The number of benzene rings is 1. The molecule has 132 valence electrons. The summed E-state index contributed by atoms with van der Waals surface area (Å²) in [5.41, 5.74) is 1.06. The zero-order valence-corrected chi connectivity index (χ0v) is 15.0. The predicted molar refractivity (Wildman–Crippen MR) is 94.9 cm³/mol. The second-order valence-electron chi connectivity index (χ2n) is 5.28. The number of carbonyl (C=O) groups excluding carboxylic acids is 2. The van der Waals surface area contributed by atoms with E-state index < -0.39 is 0 Å². The number of rotatable bonds is 9. The molecule has 0 saturated carbocycles. The van der Waals surface area contributed by atoms with Gasteiger partial charge >= 0.3 is 0 Å². The molecule has 0 radical (unpaired) electrons. The summed E-state index contributed by atoms with van der Waals surface area (Å²) in [4.78, 5) is 24.9. The molecule has 1 aromatic rings. The van der Waals surface area contributed by atoms with Crippen LogP contribution < -0.4 is 14.8 Å². The molecule has 7 heteroatoms. The Morgan fingerprint density at radius 2 is 2.00 bits per heavy atom. The standard InChI is InChI=1S/C17H24N2O4S/c1-3-22-14-6-5-13(11-15(14)23-4-2)7-8-18-16(20)12-19-9-10-24-17(19)21/h5-6,11H,3-4,7-10,12H2,1-2H3,(H,18,20). The maximum Gasteiger partial charge on any atom is 0.282 e. The largest absolute Gasteiger partial charge is 0.490 e. The summed E-state index contributed by atoms with van der Waals surface area (Å²) >= 11 is 1.26. The van der Waals surface area contributed by atoms with Gasteiger partial charge in [-0.1, -0.05) is 17.8 Å². The van der Waals surface area contributed by atoms with Gasteiger partial charge in [0, 0.05) is 18.8 Å². The molecule has 0 aromatic heterocycles. The summed E-state index contributed by atoms with van der Waals surface area (Å²) in [5, 5.41) is 2.84. The first-order valence-corrected chi connectivity index (χ1v) is 9.19. The molecule has 1 aromatic carbocycles. The molecule has 1 N–H and O–H groups in total. The minimum absolute atomic E-state index is 0.0157. The summed E-state index contributed by atoms with van der Waals surface area (Å²) in [6.45, 7) is 6.33. The third-order valence-electron chi connectivity index (χ3n) is 3.52. The lowest BCUT2D eigenvalue weighted by atomic mass is 10.1. The Hall–Kier alpha value is -1.89. The first-order valence-electron chi connectivity index (χ1n) is 8.21. The number of nitrogens with one attached hydrogen (secondary N) is 1. The van der Waals surface area contributed by atoms with E-state index in [1.807, 2.05) is 32.0 Å². The molecule has 0 atom stereocenters. The van der Waals surface area contributed by atoms with E-state index in [0.29, 0.717) is 32.7 Å². The van der Waals surface area contributed by atoms with Crippen LogP contribution in [-0.4, -0.2) is 54.6 Å². The number of amides is 2. The van der Waals surface area contributed by atoms with Crippen molar-refractivity contribution >= 4 is 22.9 Å². The molecule has 1 heterocycles. The van der Waals surface area contributed by atoms with E-state index in [0.717, 1.165) is 22.8 Å². The number of thioether (sulfide) groups is 1. The zero-order valence-electron chi connectivity index (χ0n) is 14.2. The smallest absolute Gasteiger partial charge is 0.282 e. The normalized spacial score (nSPS) is 13.9. The third-order valence-corrected chi connectivity index (χ3v) is 4.41. The van der Waals surface area contributed by atoms with E-state index in [9.17, 15) is 9.59 Å². The third kappa shape index (κ3) is 5.33. The average Bonchev–Trinajstić information content (AvgIpc) is 2.95. The van der Waals surface area contributed by atoms with E-state index in [-0.39, 0.29) is 17.7 Å². The predicted octanol–water partition coefficient (Wildman–Crippen LogP) is 2.31. The molecule has 1 aliphatic rings. The molecule has 0 bridgehead atoms. The zero-order chi connectivity index (χ0) is 17.4. The van der Waals surface area contributed by atoms with E-state index >= 15 is 0 Å². The molecular formula is C17H24N2O4S. The van der Waals surface area contributed by atoms with Crippen LogP contribution in [0.25, 0.3) is 0 Å². The average molecular weight is 352 g/mol. The summed E-state index contributed by atoms with van der Waals surface area (Å²) in [5.74, 6) is 2.10. The SMILES string of the molecule is CCOc1ccc(CCNC(=O)CN2CCSC2=O)cc1OCC. The van der Waals surface area contributed by atoms with Gasteiger partial charge in [0.15, 0.2) is 11.5 Å². The van der Waals surface area contributed by atoms with Crippen LogP contribution in [-0.2, 0) is 11.2 Å². The molecule has 1 fully saturated rings. The van der Waals surface area contributed by atoms with Gasteiger partial charge < -0.3 is 19.7 Å². The Bertz CT molecular complexity index is 580. The molecule has 0 aliphatic carbocycles. The molecular weight excluding hydrogens is 328 g/mol. The summed E-state index contributed by atoms with van der Waals surface area (Å²) in [7, 11) is 0. The van der Waals surface area contributed by atoms with Crippen molar-refractivity contribution in [3.05, 3.63) is 23.8 Å². The summed E-state index contributed by atoms with van der Waals surface area (Å²) in [6, 6.07) is 5.81. The monoisotopic (exact) mass is 352 g/mol. The first kappa shape index (κ1) is 18.4. The van der Waals surface area contributed by atoms with Crippen LogP contribution in [0, 0.1) is 0 Å². The van der Waals surface area contributed by atoms with Crippen LogP contribution in [0.4, 0.5) is 4.79 Å². The number of hydrogen-bond donors (Lipinski definition) is 1. The van der Waals surface area contributed by atoms with Crippen molar-refractivity contribution in [3.8, 4) is 11.5 Å². The Kier molecular flexibility index (Phi) is 7.24. The van der Waals surface area contributed by atoms with Crippen LogP contribution in [0.5, 0.6) is 11.5 Å². The van der Waals surface area contributed by atoms with Crippen molar-refractivity contribution in [2.75, 3.05) is 38.6 Å². The summed E-state index contributed by atoms with van der Waals surface area (Å²) < 4.78 is 11.1. The Morgan fingerprint density at radius 3 is 2.67 bits per heavy atom. The topological polar surface area (TPSA) is 67.9 Å². The fourth-order valence-corrected chi connectivity index (χ4v) is 3.22. The number of nitrogens with zero attached hydrogens (tertiary/aromatic N) is 1. The van der Waals surface area contributed by atoms with Gasteiger partial charge in [0.2, 0.25) is 5.91 Å². The van der Waals surface area contributed by atoms with Crippen molar-refractivity contribution in [1.82, 2.24) is 10.2 Å². The van der Waals surface area contributed by atoms with E-state index in [1.54, 1.807) is 4.90 Å². The van der Waals surface area contributed by atoms with Crippen LogP contribution in [0.15, 0.2) is 18.2 Å². The van der Waals surface area contributed by atoms with E-state index in [4.69, 9.17) is 9.47 Å². The number of carbonyl (C=O) groups is 2.